The van der Waals surface area contributed by atoms with Crippen LogP contribution in [-0.4, -0.2) is 37.5 Å². The number of nitrogens with zero attached hydrogens (tertiary/aromatic N) is 1. The standard InChI is InChI=1S/C23H26N2O5/c1-17-7-4-8-18(15-17)29-14-6-12-23(28)30-16-21(26)24-19-9-2-3-10-20(19)25-13-5-11-22(25)27/h2-4,7-10,15H,5-6,11-14,16H2,1H3,(H,24,26). The highest BCUT2D eigenvalue weighted by atomic mass is 16.5. The predicted molar refractivity (Wildman–Crippen MR) is 114 cm³/mol. The number of para-hydroxylation sites is 2. The summed E-state index contributed by atoms with van der Waals surface area (Å²) in [7, 11) is 0. The van der Waals surface area contributed by atoms with E-state index in [1.54, 1.807) is 23.1 Å². The molecule has 7 nitrogen and oxygen atoms in total. The number of esters is 1. The van der Waals surface area contributed by atoms with Crippen molar-refractivity contribution in [3.8, 4) is 5.75 Å². The maximum Gasteiger partial charge on any atom is 0.306 e. The molecule has 30 heavy (non-hydrogen) atoms. The molecule has 2 amide bonds. The fraction of sp³-hybridized carbons (Fsp3) is 0.348. The Bertz CT molecular complexity index is 912. The summed E-state index contributed by atoms with van der Waals surface area (Å²) in [6, 6.07) is 14.8. The van der Waals surface area contributed by atoms with Crippen LogP contribution in [0.5, 0.6) is 5.75 Å². The first kappa shape index (κ1) is 21.4. The molecule has 1 saturated heterocycles. The summed E-state index contributed by atoms with van der Waals surface area (Å²) in [6.07, 6.45) is 1.96. The zero-order chi connectivity index (χ0) is 21.3. The molecular formula is C23H26N2O5. The first-order chi connectivity index (χ1) is 14.5. The number of aryl methyl sites for hydroxylation is 1. The quantitative estimate of drug-likeness (QED) is 0.505. The topological polar surface area (TPSA) is 84.9 Å². The maximum absolute atomic E-state index is 12.2. The Kier molecular flexibility index (Phi) is 7.43. The average Bonchev–Trinajstić information content (AvgIpc) is 3.16. The minimum absolute atomic E-state index is 0.0380. The molecule has 0 saturated carbocycles. The van der Waals surface area contributed by atoms with Crippen LogP contribution in [0.25, 0.3) is 0 Å². The molecule has 1 N–H and O–H groups in total. The molecule has 7 heteroatoms. The Morgan fingerprint density at radius 3 is 2.73 bits per heavy atom. The van der Waals surface area contributed by atoms with Gasteiger partial charge in [0.2, 0.25) is 5.91 Å². The number of hydrogen-bond acceptors (Lipinski definition) is 5. The molecule has 1 aliphatic heterocycles. The van der Waals surface area contributed by atoms with Crippen LogP contribution in [-0.2, 0) is 19.1 Å². The van der Waals surface area contributed by atoms with Crippen molar-refractivity contribution >= 4 is 29.2 Å². The van der Waals surface area contributed by atoms with E-state index in [4.69, 9.17) is 9.47 Å². The molecule has 2 aromatic carbocycles. The van der Waals surface area contributed by atoms with Crippen molar-refractivity contribution in [3.05, 3.63) is 54.1 Å². The number of carbonyl (C=O) groups excluding carboxylic acids is 3. The SMILES string of the molecule is Cc1cccc(OCCCC(=O)OCC(=O)Nc2ccccc2N2CCCC2=O)c1. The molecule has 2 aromatic rings. The third-order valence-electron chi connectivity index (χ3n) is 4.69. The Morgan fingerprint density at radius 1 is 1.13 bits per heavy atom. The highest BCUT2D eigenvalue weighted by Crippen LogP contribution is 2.29. The lowest BCUT2D eigenvalue weighted by Gasteiger charge is -2.19. The van der Waals surface area contributed by atoms with Crippen LogP contribution in [0.15, 0.2) is 48.5 Å². The number of hydrogen-bond donors (Lipinski definition) is 1. The Hall–Kier alpha value is -3.35. The van der Waals surface area contributed by atoms with Gasteiger partial charge in [0.1, 0.15) is 5.75 Å². The third-order valence-corrected chi connectivity index (χ3v) is 4.69. The fourth-order valence-corrected chi connectivity index (χ4v) is 3.23. The second-order valence-electron chi connectivity index (χ2n) is 7.14. The number of rotatable bonds is 9. The summed E-state index contributed by atoms with van der Waals surface area (Å²) in [5, 5.41) is 2.72. The lowest BCUT2D eigenvalue weighted by atomic mass is 10.2. The normalized spacial score (nSPS) is 13.2. The minimum atomic E-state index is -0.457. The molecule has 1 fully saturated rings. The second kappa shape index (κ2) is 10.4. The number of nitrogens with one attached hydrogen (secondary N) is 1. The maximum atomic E-state index is 12.2. The summed E-state index contributed by atoms with van der Waals surface area (Å²) in [5.41, 5.74) is 2.29. The van der Waals surface area contributed by atoms with Crippen molar-refractivity contribution in [2.45, 2.75) is 32.6 Å². The van der Waals surface area contributed by atoms with E-state index in [2.05, 4.69) is 5.32 Å². The number of anilines is 2. The summed E-state index contributed by atoms with van der Waals surface area (Å²) in [6.45, 7) is 2.63. The van der Waals surface area contributed by atoms with Crippen LogP contribution in [0.2, 0.25) is 0 Å². The van der Waals surface area contributed by atoms with Gasteiger partial charge in [-0.15, -0.1) is 0 Å². The summed E-state index contributed by atoms with van der Waals surface area (Å²) in [4.78, 5) is 37.7. The first-order valence-electron chi connectivity index (χ1n) is 10.1. The van der Waals surface area contributed by atoms with E-state index in [1.807, 2.05) is 37.3 Å². The van der Waals surface area contributed by atoms with E-state index in [9.17, 15) is 14.4 Å². The van der Waals surface area contributed by atoms with Crippen molar-refractivity contribution in [1.82, 2.24) is 0 Å². The number of carbonyl (C=O) groups is 3. The molecule has 158 valence electrons. The Morgan fingerprint density at radius 2 is 1.97 bits per heavy atom. The molecule has 0 aliphatic carbocycles. The summed E-state index contributed by atoms with van der Waals surface area (Å²) >= 11 is 0. The van der Waals surface area contributed by atoms with Crippen LogP contribution in [0.3, 0.4) is 0 Å². The van der Waals surface area contributed by atoms with Crippen LogP contribution in [0.4, 0.5) is 11.4 Å². The van der Waals surface area contributed by atoms with Crippen LogP contribution in [0, 0.1) is 6.92 Å². The molecule has 1 aliphatic rings. The van der Waals surface area contributed by atoms with E-state index >= 15 is 0 Å². The fourth-order valence-electron chi connectivity index (χ4n) is 3.23. The third kappa shape index (κ3) is 6.07. The van der Waals surface area contributed by atoms with Gasteiger partial charge < -0.3 is 19.7 Å². The second-order valence-corrected chi connectivity index (χ2v) is 7.14. The lowest BCUT2D eigenvalue weighted by Crippen LogP contribution is -2.27. The molecule has 1 heterocycles. The smallest absolute Gasteiger partial charge is 0.306 e. The highest BCUT2D eigenvalue weighted by molar-refractivity contribution is 6.02. The number of benzene rings is 2. The van der Waals surface area contributed by atoms with Crippen molar-refractivity contribution in [2.24, 2.45) is 0 Å². The van der Waals surface area contributed by atoms with Gasteiger partial charge in [0.05, 0.1) is 18.0 Å². The van der Waals surface area contributed by atoms with Gasteiger partial charge in [-0.2, -0.15) is 0 Å². The van der Waals surface area contributed by atoms with Crippen molar-refractivity contribution < 1.29 is 23.9 Å². The lowest BCUT2D eigenvalue weighted by molar-refractivity contribution is -0.147. The van der Waals surface area contributed by atoms with E-state index < -0.39 is 11.9 Å². The van der Waals surface area contributed by atoms with Gasteiger partial charge in [-0.1, -0.05) is 24.3 Å². The molecule has 0 unspecified atom stereocenters. The van der Waals surface area contributed by atoms with E-state index in [0.717, 1.165) is 17.7 Å². The predicted octanol–water partition coefficient (Wildman–Crippen LogP) is 3.46. The van der Waals surface area contributed by atoms with E-state index in [0.29, 0.717) is 37.4 Å². The van der Waals surface area contributed by atoms with Gasteiger partial charge in [0.25, 0.3) is 5.91 Å². The summed E-state index contributed by atoms with van der Waals surface area (Å²) in [5.74, 6) is -0.103. The zero-order valence-electron chi connectivity index (χ0n) is 17.1. The van der Waals surface area contributed by atoms with Crippen LogP contribution in [0.1, 0.15) is 31.2 Å². The van der Waals surface area contributed by atoms with Crippen molar-refractivity contribution in [1.29, 1.82) is 0 Å². The van der Waals surface area contributed by atoms with Gasteiger partial charge in [0, 0.05) is 19.4 Å². The molecule has 0 aromatic heterocycles. The largest absolute Gasteiger partial charge is 0.494 e. The summed E-state index contributed by atoms with van der Waals surface area (Å²) < 4.78 is 10.6. The van der Waals surface area contributed by atoms with Gasteiger partial charge >= 0.3 is 5.97 Å². The Balaban J connectivity index is 1.39. The van der Waals surface area contributed by atoms with Crippen LogP contribution >= 0.6 is 0 Å². The van der Waals surface area contributed by atoms with Gasteiger partial charge in [-0.05, 0) is 49.6 Å². The van der Waals surface area contributed by atoms with Gasteiger partial charge in [-0.3, -0.25) is 14.4 Å². The molecule has 3 rings (SSSR count). The number of amides is 2. The van der Waals surface area contributed by atoms with Crippen LogP contribution < -0.4 is 15.0 Å². The molecule has 0 atom stereocenters. The first-order valence-corrected chi connectivity index (χ1v) is 10.1. The molecule has 0 bridgehead atoms. The van der Waals surface area contributed by atoms with Gasteiger partial charge in [-0.25, -0.2) is 0 Å². The molecule has 0 radical (unpaired) electrons. The number of ether oxygens (including phenoxy) is 2. The van der Waals surface area contributed by atoms with Gasteiger partial charge in [0.15, 0.2) is 6.61 Å². The molecule has 0 spiro atoms. The average molecular weight is 410 g/mol. The monoisotopic (exact) mass is 410 g/mol. The van der Waals surface area contributed by atoms with Crippen molar-refractivity contribution in [3.63, 3.8) is 0 Å². The molecular weight excluding hydrogens is 384 g/mol. The Labute approximate surface area is 176 Å². The van der Waals surface area contributed by atoms with E-state index in [-0.39, 0.29) is 18.9 Å². The minimum Gasteiger partial charge on any atom is -0.494 e. The van der Waals surface area contributed by atoms with Crippen molar-refractivity contribution in [2.75, 3.05) is 30.0 Å². The highest BCUT2D eigenvalue weighted by Gasteiger charge is 2.24. The van der Waals surface area contributed by atoms with E-state index in [1.165, 1.54) is 0 Å². The zero-order valence-corrected chi connectivity index (χ0v) is 17.1.